The smallest absolute Gasteiger partial charge is 0.233 e. The number of rotatable bonds is 8. The number of aryl methyl sites for hydroxylation is 1. The number of carbonyl (C=O) groups is 1. The number of halogens is 2. The highest BCUT2D eigenvalue weighted by molar-refractivity contribution is 8.00. The van der Waals surface area contributed by atoms with Crippen molar-refractivity contribution in [1.82, 2.24) is 5.32 Å². The van der Waals surface area contributed by atoms with E-state index in [2.05, 4.69) is 5.32 Å². The minimum atomic E-state index is -0.285. The molecule has 0 aliphatic heterocycles. The predicted molar refractivity (Wildman–Crippen MR) is 107 cm³/mol. The molecule has 134 valence electrons. The Morgan fingerprint density at radius 2 is 1.96 bits per heavy atom. The van der Waals surface area contributed by atoms with Gasteiger partial charge in [-0.05, 0) is 38.1 Å². The van der Waals surface area contributed by atoms with E-state index in [1.165, 1.54) is 23.4 Å². The molecule has 0 aromatic heterocycles. The van der Waals surface area contributed by atoms with Crippen LogP contribution in [0, 0.1) is 12.7 Å². The molecule has 1 amide bonds. The lowest BCUT2D eigenvalue weighted by Crippen LogP contribution is -2.32. The highest BCUT2D eigenvalue weighted by Gasteiger charge is 2.13. The Hall–Kier alpha value is -1.17. The maximum atomic E-state index is 13.7. The molecule has 0 saturated heterocycles. The van der Waals surface area contributed by atoms with Gasteiger partial charge in [0.25, 0.3) is 0 Å². The van der Waals surface area contributed by atoms with E-state index in [4.69, 9.17) is 11.6 Å². The molecule has 0 radical (unpaired) electrons. The number of nitrogens with one attached hydrogen (secondary N) is 1. The lowest BCUT2D eigenvalue weighted by Gasteiger charge is -2.12. The monoisotopic (exact) mass is 397 g/mol. The summed E-state index contributed by atoms with van der Waals surface area (Å²) >= 11 is 9.08. The topological polar surface area (TPSA) is 29.1 Å². The Morgan fingerprint density at radius 3 is 2.64 bits per heavy atom. The Kier molecular flexibility index (Phi) is 8.13. The van der Waals surface area contributed by atoms with Gasteiger partial charge in [0, 0.05) is 33.5 Å². The fraction of sp³-hybridized carbons (Fsp3) is 0.316. The van der Waals surface area contributed by atoms with Gasteiger partial charge in [-0.25, -0.2) is 4.39 Å². The lowest BCUT2D eigenvalue weighted by molar-refractivity contribution is -0.120. The second-order valence-corrected chi connectivity index (χ2v) is 8.54. The molecule has 0 bridgehead atoms. The van der Waals surface area contributed by atoms with Crippen LogP contribution in [0.2, 0.25) is 5.02 Å². The fourth-order valence-corrected chi connectivity index (χ4v) is 4.20. The minimum absolute atomic E-state index is 0.00935. The Labute approximate surface area is 161 Å². The van der Waals surface area contributed by atoms with Gasteiger partial charge in [-0.3, -0.25) is 4.79 Å². The zero-order chi connectivity index (χ0) is 18.2. The summed E-state index contributed by atoms with van der Waals surface area (Å²) in [5, 5.41) is 3.21. The van der Waals surface area contributed by atoms with Crippen LogP contribution in [0.25, 0.3) is 0 Å². The number of carbonyl (C=O) groups excluding carboxylic acids is 1. The number of hydrogen-bond acceptors (Lipinski definition) is 3. The molecule has 0 aliphatic rings. The van der Waals surface area contributed by atoms with Gasteiger partial charge < -0.3 is 5.32 Å². The summed E-state index contributed by atoms with van der Waals surface area (Å²) in [6.45, 7) is 4.48. The second kappa shape index (κ2) is 10.1. The van der Waals surface area contributed by atoms with Crippen LogP contribution >= 0.6 is 35.1 Å². The molecular formula is C19H21ClFNOS2. The molecule has 2 nitrogen and oxygen atoms in total. The molecule has 6 heteroatoms. The van der Waals surface area contributed by atoms with E-state index in [9.17, 15) is 9.18 Å². The van der Waals surface area contributed by atoms with Crippen molar-refractivity contribution in [2.24, 2.45) is 0 Å². The van der Waals surface area contributed by atoms with Crippen LogP contribution in [0.3, 0.4) is 0 Å². The van der Waals surface area contributed by atoms with Gasteiger partial charge in [0.1, 0.15) is 5.82 Å². The molecule has 1 atom stereocenters. The number of thioether (sulfide) groups is 2. The molecule has 25 heavy (non-hydrogen) atoms. The van der Waals surface area contributed by atoms with E-state index in [1.54, 1.807) is 23.9 Å². The Bertz CT molecular complexity index is 689. The van der Waals surface area contributed by atoms with E-state index < -0.39 is 0 Å². The van der Waals surface area contributed by atoms with Gasteiger partial charge in [0.05, 0.1) is 5.25 Å². The third-order valence-corrected chi connectivity index (χ3v) is 6.01. The third-order valence-electron chi connectivity index (χ3n) is 3.56. The zero-order valence-electron chi connectivity index (χ0n) is 14.2. The molecule has 0 aliphatic carbocycles. The van der Waals surface area contributed by atoms with Gasteiger partial charge in [0.15, 0.2) is 0 Å². The third kappa shape index (κ3) is 6.57. The molecule has 0 unspecified atom stereocenters. The van der Waals surface area contributed by atoms with E-state index >= 15 is 0 Å². The molecule has 0 saturated carbocycles. The van der Waals surface area contributed by atoms with Crippen LogP contribution in [-0.4, -0.2) is 23.5 Å². The molecular weight excluding hydrogens is 377 g/mol. The summed E-state index contributed by atoms with van der Waals surface area (Å²) in [4.78, 5) is 13.2. The average molecular weight is 398 g/mol. The normalized spacial score (nSPS) is 12.0. The SMILES string of the molecule is Cc1ccc(S[C@H](C)C(=O)NCCSCc2c(F)cccc2Cl)cc1. The number of hydrogen-bond donors (Lipinski definition) is 1. The van der Waals surface area contributed by atoms with Crippen molar-refractivity contribution in [3.63, 3.8) is 0 Å². The average Bonchev–Trinajstić information content (AvgIpc) is 2.58. The van der Waals surface area contributed by atoms with Crippen molar-refractivity contribution in [1.29, 1.82) is 0 Å². The first-order chi connectivity index (χ1) is 12.0. The van der Waals surface area contributed by atoms with Crippen molar-refractivity contribution < 1.29 is 9.18 Å². The summed E-state index contributed by atoms with van der Waals surface area (Å²) in [5.41, 5.74) is 1.72. The summed E-state index contributed by atoms with van der Waals surface area (Å²) in [7, 11) is 0. The standard InChI is InChI=1S/C19H21ClFNOS2/c1-13-6-8-15(9-7-13)25-14(2)19(23)22-10-11-24-12-16-17(20)4-3-5-18(16)21/h3-9,14H,10-12H2,1-2H3,(H,22,23)/t14-/m1/s1. The van der Waals surface area contributed by atoms with Crippen molar-refractivity contribution in [3.05, 3.63) is 64.4 Å². The first kappa shape index (κ1) is 20.1. The van der Waals surface area contributed by atoms with E-state index in [0.29, 0.717) is 28.6 Å². The predicted octanol–water partition coefficient (Wildman–Crippen LogP) is 5.32. The number of benzene rings is 2. The van der Waals surface area contributed by atoms with Crippen LogP contribution in [0.4, 0.5) is 4.39 Å². The fourth-order valence-electron chi connectivity index (χ4n) is 2.11. The summed E-state index contributed by atoms with van der Waals surface area (Å²) < 4.78 is 13.7. The maximum Gasteiger partial charge on any atom is 0.233 e. The highest BCUT2D eigenvalue weighted by atomic mass is 35.5. The molecule has 2 rings (SSSR count). The molecule has 1 N–H and O–H groups in total. The number of amides is 1. The second-order valence-electron chi connectivity index (χ2n) is 5.62. The maximum absolute atomic E-state index is 13.7. The van der Waals surface area contributed by atoms with Gasteiger partial charge >= 0.3 is 0 Å². The molecule has 2 aromatic carbocycles. The lowest BCUT2D eigenvalue weighted by atomic mass is 10.2. The first-order valence-electron chi connectivity index (χ1n) is 7.99. The quantitative estimate of drug-likeness (QED) is 0.483. The van der Waals surface area contributed by atoms with E-state index in [0.717, 1.165) is 4.90 Å². The van der Waals surface area contributed by atoms with Gasteiger partial charge in [-0.2, -0.15) is 11.8 Å². The minimum Gasteiger partial charge on any atom is -0.354 e. The van der Waals surface area contributed by atoms with Crippen LogP contribution in [0.5, 0.6) is 0 Å². The summed E-state index contributed by atoms with van der Waals surface area (Å²) in [5.74, 6) is 0.926. The molecule has 2 aromatic rings. The van der Waals surface area contributed by atoms with Crippen LogP contribution in [0.15, 0.2) is 47.4 Å². The molecule has 0 heterocycles. The molecule has 0 fully saturated rings. The Morgan fingerprint density at radius 1 is 1.24 bits per heavy atom. The van der Waals surface area contributed by atoms with Gasteiger partial charge in [-0.15, -0.1) is 11.8 Å². The van der Waals surface area contributed by atoms with Crippen LogP contribution in [-0.2, 0) is 10.5 Å². The Balaban J connectivity index is 1.68. The van der Waals surface area contributed by atoms with Crippen molar-refractivity contribution in [2.75, 3.05) is 12.3 Å². The molecule has 0 spiro atoms. The summed E-state index contributed by atoms with van der Waals surface area (Å²) in [6, 6.07) is 12.8. The van der Waals surface area contributed by atoms with Gasteiger partial charge in [-0.1, -0.05) is 35.4 Å². The zero-order valence-corrected chi connectivity index (χ0v) is 16.6. The van der Waals surface area contributed by atoms with Crippen molar-refractivity contribution in [3.8, 4) is 0 Å². The first-order valence-corrected chi connectivity index (χ1v) is 10.4. The highest BCUT2D eigenvalue weighted by Crippen LogP contribution is 2.24. The van der Waals surface area contributed by atoms with Crippen molar-refractivity contribution in [2.45, 2.75) is 29.7 Å². The van der Waals surface area contributed by atoms with Crippen LogP contribution in [0.1, 0.15) is 18.1 Å². The van der Waals surface area contributed by atoms with E-state index in [1.807, 2.05) is 38.1 Å². The van der Waals surface area contributed by atoms with E-state index in [-0.39, 0.29) is 17.0 Å². The van der Waals surface area contributed by atoms with Gasteiger partial charge in [0.2, 0.25) is 5.91 Å². The van der Waals surface area contributed by atoms with Crippen LogP contribution < -0.4 is 5.32 Å². The van der Waals surface area contributed by atoms with Crippen molar-refractivity contribution >= 4 is 41.0 Å². The largest absolute Gasteiger partial charge is 0.354 e. The summed E-state index contributed by atoms with van der Waals surface area (Å²) in [6.07, 6.45) is 0.